The highest BCUT2D eigenvalue weighted by Gasteiger charge is 2.41. The number of carbonyl (C=O) groups excluding carboxylic acids is 1. The largest absolute Gasteiger partial charge is 0.496 e. The van der Waals surface area contributed by atoms with Crippen LogP contribution in [0.25, 0.3) is 17.0 Å². The van der Waals surface area contributed by atoms with Crippen molar-refractivity contribution < 1.29 is 9.53 Å². The fraction of sp³-hybridized carbons (Fsp3) is 0.480. The Morgan fingerprint density at radius 1 is 1.30 bits per heavy atom. The predicted molar refractivity (Wildman–Crippen MR) is 127 cm³/mol. The van der Waals surface area contributed by atoms with Crippen molar-refractivity contribution in [2.24, 2.45) is 39.8 Å². The summed E-state index contributed by atoms with van der Waals surface area (Å²) < 4.78 is 7.74. The van der Waals surface area contributed by atoms with E-state index in [0.717, 1.165) is 34.8 Å². The number of amides is 1. The smallest absolute Gasteiger partial charge is 0.250 e. The van der Waals surface area contributed by atoms with Crippen LogP contribution in [0.3, 0.4) is 0 Å². The summed E-state index contributed by atoms with van der Waals surface area (Å²) in [7, 11) is 3.66. The fourth-order valence-corrected chi connectivity index (χ4v) is 4.98. The molecule has 5 rings (SSSR count). The zero-order chi connectivity index (χ0) is 23.1. The molecule has 8 heteroatoms. The van der Waals surface area contributed by atoms with Crippen molar-refractivity contribution >= 4 is 17.2 Å². The molecule has 1 saturated carbocycles. The fourth-order valence-electron chi connectivity index (χ4n) is 4.98. The molecule has 4 unspecified atom stereocenters. The lowest BCUT2D eigenvalue weighted by Gasteiger charge is -2.34. The molecule has 1 aromatic heterocycles. The van der Waals surface area contributed by atoms with Crippen molar-refractivity contribution in [3.63, 3.8) is 0 Å². The van der Waals surface area contributed by atoms with Gasteiger partial charge >= 0.3 is 0 Å². The van der Waals surface area contributed by atoms with Crippen molar-refractivity contribution in [1.29, 1.82) is 0 Å². The Morgan fingerprint density at radius 2 is 2.12 bits per heavy atom. The number of nitrogens with zero attached hydrogens (tertiary/aromatic N) is 5. The number of allylic oxidation sites excluding steroid dienone is 1. The van der Waals surface area contributed by atoms with Gasteiger partial charge in [-0.1, -0.05) is 18.2 Å². The van der Waals surface area contributed by atoms with E-state index in [1.165, 1.54) is 18.4 Å². The number of primary amides is 1. The van der Waals surface area contributed by atoms with E-state index >= 15 is 0 Å². The lowest BCUT2D eigenvalue weighted by Crippen LogP contribution is -2.46. The summed E-state index contributed by atoms with van der Waals surface area (Å²) in [5, 5.41) is 8.83. The molecule has 0 bridgehead atoms. The molecule has 4 atom stereocenters. The number of fused-ring (bicyclic) bond motifs is 1. The number of aryl methyl sites for hydroxylation is 1. The first-order valence-corrected chi connectivity index (χ1v) is 11.6. The Hall–Kier alpha value is -3.29. The van der Waals surface area contributed by atoms with E-state index in [0.29, 0.717) is 12.3 Å². The van der Waals surface area contributed by atoms with Gasteiger partial charge in [-0.25, -0.2) is 4.98 Å². The molecule has 172 valence electrons. The number of aliphatic imine (C=N–C) groups is 1. The van der Waals surface area contributed by atoms with Gasteiger partial charge in [-0.3, -0.25) is 9.79 Å². The van der Waals surface area contributed by atoms with Crippen molar-refractivity contribution in [3.05, 3.63) is 42.2 Å². The Balaban J connectivity index is 1.45. The third-order valence-electron chi connectivity index (χ3n) is 7.06. The number of azo groups is 1. The van der Waals surface area contributed by atoms with Crippen LogP contribution in [-0.2, 0) is 11.8 Å². The van der Waals surface area contributed by atoms with E-state index in [1.54, 1.807) is 13.3 Å². The Morgan fingerprint density at radius 3 is 2.79 bits per heavy atom. The minimum Gasteiger partial charge on any atom is -0.496 e. The number of aromatic nitrogens is 2. The summed E-state index contributed by atoms with van der Waals surface area (Å²) in [5.74, 6) is 1.89. The zero-order valence-electron chi connectivity index (χ0n) is 19.3. The molecule has 2 heterocycles. The molecule has 1 aliphatic heterocycles. The Labute approximate surface area is 193 Å². The van der Waals surface area contributed by atoms with Crippen LogP contribution in [-0.4, -0.2) is 46.4 Å². The van der Waals surface area contributed by atoms with Gasteiger partial charge in [-0.15, -0.1) is 0 Å². The van der Waals surface area contributed by atoms with Crippen LogP contribution in [0.2, 0.25) is 0 Å². The maximum atomic E-state index is 12.1. The minimum atomic E-state index is -0.742. The second-order valence-corrected chi connectivity index (χ2v) is 9.29. The van der Waals surface area contributed by atoms with Gasteiger partial charge in [0.15, 0.2) is 6.04 Å². The molecule has 2 aliphatic carbocycles. The summed E-state index contributed by atoms with van der Waals surface area (Å²) in [6.45, 7) is 2.13. The molecule has 33 heavy (non-hydrogen) atoms. The highest BCUT2D eigenvalue weighted by atomic mass is 16.5. The number of methoxy groups -OCH3 is 1. The molecule has 1 aromatic carbocycles. The molecule has 1 amide bonds. The van der Waals surface area contributed by atoms with Crippen LogP contribution in [0.5, 0.6) is 5.75 Å². The molecular weight excluding hydrogens is 416 g/mol. The van der Waals surface area contributed by atoms with Crippen LogP contribution in [0, 0.1) is 11.8 Å². The first kappa shape index (κ1) is 21.6. The van der Waals surface area contributed by atoms with Crippen LogP contribution < -0.4 is 10.5 Å². The van der Waals surface area contributed by atoms with Crippen molar-refractivity contribution in [2.75, 3.05) is 7.11 Å². The first-order chi connectivity index (χ1) is 16.0. The third-order valence-corrected chi connectivity index (χ3v) is 7.06. The van der Waals surface area contributed by atoms with Crippen LogP contribution >= 0.6 is 0 Å². The van der Waals surface area contributed by atoms with Crippen LogP contribution in [0.15, 0.2) is 51.9 Å². The van der Waals surface area contributed by atoms with Gasteiger partial charge in [0.2, 0.25) is 5.91 Å². The molecule has 8 nitrogen and oxygen atoms in total. The Kier molecular flexibility index (Phi) is 5.60. The standard InChI is InChI=1S/C25H30N6O2/c1-14(15-4-5-15)28-22-19-9-6-16(12-20(19)29-30-23(22)24(26)32)18-8-7-17(13-21(18)33-3)25-27-10-11-31(25)2/h6-8,10-11,13-15,19-20,23H,4-5,9,12H2,1-3H3,(H2,26,32). The SMILES string of the molecule is COc1cc(-c2nccn2C)ccc1C1=CCC2C(=NC(C)C3CC3)C(C(N)=O)N=NC2C1. The van der Waals surface area contributed by atoms with Gasteiger partial charge in [0.05, 0.1) is 18.9 Å². The van der Waals surface area contributed by atoms with Gasteiger partial charge in [0.25, 0.3) is 0 Å². The maximum Gasteiger partial charge on any atom is 0.250 e. The zero-order valence-corrected chi connectivity index (χ0v) is 19.3. The number of imidazole rings is 1. The number of rotatable bonds is 6. The van der Waals surface area contributed by atoms with Crippen molar-refractivity contribution in [3.8, 4) is 17.1 Å². The lowest BCUT2D eigenvalue weighted by atomic mass is 9.77. The number of carbonyl (C=O) groups is 1. The third kappa shape index (κ3) is 4.10. The van der Waals surface area contributed by atoms with Crippen molar-refractivity contribution in [2.45, 2.75) is 50.7 Å². The summed E-state index contributed by atoms with van der Waals surface area (Å²) in [4.78, 5) is 21.5. The first-order valence-electron chi connectivity index (χ1n) is 11.6. The topological polar surface area (TPSA) is 107 Å². The Bertz CT molecular complexity index is 1160. The minimum absolute atomic E-state index is 0.0512. The van der Waals surface area contributed by atoms with Gasteiger partial charge in [-0.2, -0.15) is 10.2 Å². The molecule has 0 spiro atoms. The van der Waals surface area contributed by atoms with E-state index in [2.05, 4.69) is 40.3 Å². The van der Waals surface area contributed by atoms with Gasteiger partial charge < -0.3 is 15.0 Å². The molecule has 1 fully saturated rings. The van der Waals surface area contributed by atoms with E-state index < -0.39 is 11.9 Å². The number of benzene rings is 1. The quantitative estimate of drug-likeness (QED) is 0.729. The average molecular weight is 447 g/mol. The number of hydrogen-bond donors (Lipinski definition) is 1. The predicted octanol–water partition coefficient (Wildman–Crippen LogP) is 3.82. The molecular formula is C25H30N6O2. The summed E-state index contributed by atoms with van der Waals surface area (Å²) >= 11 is 0. The molecule has 3 aliphatic rings. The normalized spacial score (nSPS) is 26.6. The molecule has 0 radical (unpaired) electrons. The lowest BCUT2D eigenvalue weighted by molar-refractivity contribution is -0.118. The van der Waals surface area contributed by atoms with E-state index in [-0.39, 0.29) is 18.0 Å². The van der Waals surface area contributed by atoms with Crippen LogP contribution in [0.1, 0.15) is 38.2 Å². The number of nitrogens with two attached hydrogens (primary N) is 1. The highest BCUT2D eigenvalue weighted by Crippen LogP contribution is 2.41. The van der Waals surface area contributed by atoms with Crippen molar-refractivity contribution in [1.82, 2.24) is 9.55 Å². The summed E-state index contributed by atoms with van der Waals surface area (Å²) in [6.07, 6.45) is 9.82. The highest BCUT2D eigenvalue weighted by molar-refractivity contribution is 6.09. The molecule has 0 saturated heterocycles. The average Bonchev–Trinajstić information content (AvgIpc) is 3.59. The monoisotopic (exact) mass is 446 g/mol. The molecule has 2 aromatic rings. The van der Waals surface area contributed by atoms with Gasteiger partial charge in [0, 0.05) is 42.5 Å². The van der Waals surface area contributed by atoms with E-state index in [4.69, 9.17) is 15.5 Å². The summed E-state index contributed by atoms with van der Waals surface area (Å²) in [6, 6.07) is 5.59. The second-order valence-electron chi connectivity index (χ2n) is 9.29. The van der Waals surface area contributed by atoms with Crippen LogP contribution in [0.4, 0.5) is 0 Å². The van der Waals surface area contributed by atoms with E-state index in [1.807, 2.05) is 23.9 Å². The number of hydrogen-bond acceptors (Lipinski definition) is 6. The number of ether oxygens (including phenoxy) is 1. The van der Waals surface area contributed by atoms with E-state index in [9.17, 15) is 4.79 Å². The van der Waals surface area contributed by atoms with Gasteiger partial charge in [0.1, 0.15) is 11.6 Å². The molecule has 2 N–H and O–H groups in total. The van der Waals surface area contributed by atoms with Gasteiger partial charge in [-0.05, 0) is 50.2 Å². The second kappa shape index (κ2) is 8.57. The summed E-state index contributed by atoms with van der Waals surface area (Å²) in [5.41, 5.74) is 9.69. The maximum absolute atomic E-state index is 12.1.